The zero-order valence-corrected chi connectivity index (χ0v) is 21.8. The number of nitrogens with zero attached hydrogens (tertiary/aromatic N) is 5. The molecule has 5 aliphatic heterocycles. The van der Waals surface area contributed by atoms with E-state index in [-0.39, 0.29) is 36.3 Å². The lowest BCUT2D eigenvalue weighted by molar-refractivity contribution is -0.137. The van der Waals surface area contributed by atoms with Crippen molar-refractivity contribution in [3.63, 3.8) is 0 Å². The van der Waals surface area contributed by atoms with Crippen molar-refractivity contribution in [1.29, 1.82) is 0 Å². The minimum atomic E-state index is -4.88. The fourth-order valence-electron chi connectivity index (χ4n) is 6.66. The van der Waals surface area contributed by atoms with Crippen LogP contribution in [0.15, 0.2) is 24.4 Å². The van der Waals surface area contributed by atoms with E-state index < -0.39 is 70.8 Å². The topological polar surface area (TPSA) is 86.6 Å². The average Bonchev–Trinajstić information content (AvgIpc) is 3.47. The number of hydrogen-bond donors (Lipinski definition) is 2. The Labute approximate surface area is 236 Å². The van der Waals surface area contributed by atoms with E-state index in [1.54, 1.807) is 4.90 Å². The number of benzene rings is 1. The van der Waals surface area contributed by atoms with Crippen molar-refractivity contribution in [3.05, 3.63) is 35.8 Å². The highest BCUT2D eigenvalue weighted by molar-refractivity contribution is 5.92. The Morgan fingerprint density at radius 2 is 2.10 bits per heavy atom. The standard InChI is InChI=1S/C28H29F5N6O2/c29-15-9-27(6-1-7-38(27)12-15)14-41-26-36-24-20(25(37-26)39-13-16-2-3-17(39)10-34-16)11-35-23(22(24)30)19-8-18(40)4-5-21(19)28(31,32)33/h4-5,8,11,15-17,34,40H,1-3,6-7,9-10,12-14H2/t15-,16?,17?,27+/m1/s1/i14D2,15D. The smallest absolute Gasteiger partial charge is 0.417 e. The maximum atomic E-state index is 16.4. The lowest BCUT2D eigenvalue weighted by Gasteiger charge is -2.46. The SMILES string of the molecule is [2H]C([2H])(Oc1nc(N2CC3CCC2CN3)c2cnc(-c3cc(O)ccc3C(F)(F)F)c(F)c2n1)[C@@]12CCCN1C[C@]([2H])(F)C2. The number of hydrogen-bond acceptors (Lipinski definition) is 8. The zero-order chi connectivity index (χ0) is 31.2. The molecule has 0 amide bonds. The summed E-state index contributed by atoms with van der Waals surface area (Å²) in [6, 6.07) is 1.73. The van der Waals surface area contributed by atoms with Crippen LogP contribution in [0.5, 0.6) is 11.8 Å². The predicted octanol–water partition coefficient (Wildman–Crippen LogP) is 4.45. The third-order valence-corrected chi connectivity index (χ3v) is 8.63. The van der Waals surface area contributed by atoms with Crippen LogP contribution in [0.4, 0.5) is 27.8 Å². The Morgan fingerprint density at radius 1 is 1.24 bits per heavy atom. The van der Waals surface area contributed by atoms with Crippen molar-refractivity contribution < 1.29 is 35.9 Å². The van der Waals surface area contributed by atoms with Gasteiger partial charge >= 0.3 is 12.2 Å². The van der Waals surface area contributed by atoms with Crippen molar-refractivity contribution in [1.82, 2.24) is 25.2 Å². The second kappa shape index (κ2) is 9.62. The summed E-state index contributed by atoms with van der Waals surface area (Å²) < 4.78 is 104. The molecule has 218 valence electrons. The number of piperidine rings is 2. The molecule has 13 heteroatoms. The normalized spacial score (nSPS) is 31.2. The monoisotopic (exact) mass is 579 g/mol. The van der Waals surface area contributed by atoms with E-state index in [4.69, 9.17) is 8.85 Å². The Bertz CT molecular complexity index is 1640. The Balaban J connectivity index is 1.38. The molecule has 2 aromatic heterocycles. The minimum absolute atomic E-state index is 0.0532. The van der Waals surface area contributed by atoms with Gasteiger partial charge in [-0.25, -0.2) is 8.78 Å². The number of phenols is 1. The molecule has 0 aliphatic carbocycles. The van der Waals surface area contributed by atoms with Crippen LogP contribution in [0.1, 0.15) is 41.8 Å². The number of ether oxygens (including phenoxy) is 1. The van der Waals surface area contributed by atoms with E-state index in [0.29, 0.717) is 32.1 Å². The lowest BCUT2D eigenvalue weighted by atomic mass is 9.93. The predicted molar refractivity (Wildman–Crippen MR) is 140 cm³/mol. The molecular weight excluding hydrogens is 547 g/mol. The highest BCUT2D eigenvalue weighted by Gasteiger charge is 2.49. The largest absolute Gasteiger partial charge is 0.508 e. The van der Waals surface area contributed by atoms with Crippen molar-refractivity contribution in [2.75, 3.05) is 37.6 Å². The summed E-state index contributed by atoms with van der Waals surface area (Å²) in [6.45, 7) is -1.43. The molecule has 5 aliphatic rings. The average molecular weight is 580 g/mol. The summed E-state index contributed by atoms with van der Waals surface area (Å²) in [5, 5.41) is 13.5. The molecule has 2 unspecified atom stereocenters. The highest BCUT2D eigenvalue weighted by atomic mass is 19.4. The molecule has 0 spiro atoms. The van der Waals surface area contributed by atoms with Crippen molar-refractivity contribution in [3.8, 4) is 23.0 Å². The molecule has 8 nitrogen and oxygen atoms in total. The molecule has 1 aromatic carbocycles. The summed E-state index contributed by atoms with van der Waals surface area (Å²) in [6.07, 6.45) is -4.08. The van der Waals surface area contributed by atoms with E-state index >= 15 is 4.39 Å². The minimum Gasteiger partial charge on any atom is -0.508 e. The first-order valence-corrected chi connectivity index (χ1v) is 13.6. The number of phenolic OH excluding ortho intramolecular Hbond substituents is 1. The molecule has 2 N–H and O–H groups in total. The third-order valence-electron chi connectivity index (χ3n) is 8.63. The van der Waals surface area contributed by atoms with Gasteiger partial charge in [0.15, 0.2) is 5.82 Å². The summed E-state index contributed by atoms with van der Waals surface area (Å²) in [4.78, 5) is 16.2. The third kappa shape index (κ3) is 4.53. The molecule has 4 atom stereocenters. The van der Waals surface area contributed by atoms with Gasteiger partial charge in [0.05, 0.1) is 20.6 Å². The van der Waals surface area contributed by atoms with Crippen molar-refractivity contribution in [2.24, 2.45) is 0 Å². The number of nitrogens with one attached hydrogen (secondary N) is 1. The van der Waals surface area contributed by atoms with Gasteiger partial charge in [-0.3, -0.25) is 9.88 Å². The van der Waals surface area contributed by atoms with Crippen LogP contribution in [0.2, 0.25) is 0 Å². The summed E-state index contributed by atoms with van der Waals surface area (Å²) in [7, 11) is 0. The number of pyridine rings is 1. The molecule has 5 saturated heterocycles. The number of aromatic hydroxyl groups is 1. The number of anilines is 1. The van der Waals surface area contributed by atoms with Crippen LogP contribution < -0.4 is 15.0 Å². The van der Waals surface area contributed by atoms with E-state index in [9.17, 15) is 22.7 Å². The molecule has 41 heavy (non-hydrogen) atoms. The first-order valence-electron chi connectivity index (χ1n) is 15.1. The molecule has 0 radical (unpaired) electrons. The molecular formula is C28H29F5N6O2. The zero-order valence-electron chi connectivity index (χ0n) is 24.8. The summed E-state index contributed by atoms with van der Waals surface area (Å²) in [5.41, 5.74) is -4.55. The lowest BCUT2D eigenvalue weighted by Crippen LogP contribution is -2.61. The van der Waals surface area contributed by atoms with Crippen LogP contribution in [0.25, 0.3) is 22.2 Å². The molecule has 0 saturated carbocycles. The second-order valence-corrected chi connectivity index (χ2v) is 11.2. The Morgan fingerprint density at radius 3 is 2.83 bits per heavy atom. The van der Waals surface area contributed by atoms with Crippen molar-refractivity contribution >= 4 is 16.7 Å². The molecule has 8 rings (SSSR count). The second-order valence-electron chi connectivity index (χ2n) is 11.2. The highest BCUT2D eigenvalue weighted by Crippen LogP contribution is 2.43. The van der Waals surface area contributed by atoms with Gasteiger partial charge in [-0.15, -0.1) is 0 Å². The summed E-state index contributed by atoms with van der Waals surface area (Å²) >= 11 is 0. The number of aromatic nitrogens is 3. The number of halogens is 5. The molecule has 3 aromatic rings. The Kier molecular flexibility index (Phi) is 5.46. The van der Waals surface area contributed by atoms with Crippen molar-refractivity contribution in [2.45, 2.75) is 62.1 Å². The Hall–Kier alpha value is -3.32. The molecule has 7 heterocycles. The number of fused-ring (bicyclic) bond motifs is 5. The van der Waals surface area contributed by atoms with Gasteiger partial charge in [-0.1, -0.05) is 0 Å². The van der Waals surface area contributed by atoms with Gasteiger partial charge in [-0.05, 0) is 50.4 Å². The van der Waals surface area contributed by atoms with Crippen LogP contribution >= 0.6 is 0 Å². The quantitative estimate of drug-likeness (QED) is 0.429. The van der Waals surface area contributed by atoms with Crippen LogP contribution in [-0.2, 0) is 6.18 Å². The fourth-order valence-corrected chi connectivity index (χ4v) is 6.66. The van der Waals surface area contributed by atoms with E-state index in [2.05, 4.69) is 20.3 Å². The maximum Gasteiger partial charge on any atom is 0.417 e. The number of rotatable bonds is 5. The first kappa shape index (κ1) is 23.3. The van der Waals surface area contributed by atoms with Crippen LogP contribution in [0, 0.1) is 5.82 Å². The van der Waals surface area contributed by atoms with Crippen LogP contribution in [0.3, 0.4) is 0 Å². The first-order chi connectivity index (χ1) is 20.7. The summed E-state index contributed by atoms with van der Waals surface area (Å²) in [5.74, 6) is -1.57. The number of alkyl halides is 4. The van der Waals surface area contributed by atoms with Gasteiger partial charge in [0.1, 0.15) is 35.5 Å². The van der Waals surface area contributed by atoms with Gasteiger partial charge in [0.2, 0.25) is 0 Å². The van der Waals surface area contributed by atoms with Gasteiger partial charge in [0, 0.05) is 49.9 Å². The number of piperazine rings is 1. The maximum absolute atomic E-state index is 16.4. The van der Waals surface area contributed by atoms with Gasteiger partial charge < -0.3 is 20.1 Å². The fraction of sp³-hybridized carbons (Fsp3) is 0.536. The molecule has 5 fully saturated rings. The van der Waals surface area contributed by atoms with E-state index in [1.807, 2.05) is 4.90 Å². The van der Waals surface area contributed by atoms with Crippen LogP contribution in [-0.4, -0.2) is 81.5 Å². The van der Waals surface area contributed by atoms with E-state index in [1.165, 1.54) is 6.20 Å². The molecule has 2 bridgehead atoms. The van der Waals surface area contributed by atoms with E-state index in [0.717, 1.165) is 25.0 Å². The van der Waals surface area contributed by atoms with Gasteiger partial charge in [0.25, 0.3) is 0 Å². The van der Waals surface area contributed by atoms with Gasteiger partial charge in [-0.2, -0.15) is 23.1 Å².